The molecule has 0 saturated heterocycles. The average Bonchev–Trinajstić information content (AvgIpc) is 2.18. The number of likely N-dealkylation sites (N-methyl/N-ethyl adjacent to an activating group) is 1. The van der Waals surface area contributed by atoms with E-state index in [4.69, 9.17) is 11.6 Å². The van der Waals surface area contributed by atoms with Gasteiger partial charge in [-0.15, -0.1) is 0 Å². The van der Waals surface area contributed by atoms with Crippen molar-refractivity contribution in [3.8, 4) is 0 Å². The molecule has 1 aromatic carbocycles. The number of nitrogens with one attached hydrogen (secondary N) is 2. The second kappa shape index (κ2) is 5.62. The Morgan fingerprint density at radius 3 is 2.57 bits per heavy atom. The number of amides is 1. The van der Waals surface area contributed by atoms with E-state index in [1.807, 2.05) is 6.92 Å². The largest absolute Gasteiger partial charge is 0.325 e. The van der Waals surface area contributed by atoms with E-state index in [-0.39, 0.29) is 5.91 Å². The summed E-state index contributed by atoms with van der Waals surface area (Å²) in [6.07, 6.45) is 0. The Morgan fingerprint density at radius 2 is 2.00 bits per heavy atom. The number of carbonyl (C=O) groups excluding carboxylic acids is 1. The lowest BCUT2D eigenvalue weighted by Crippen LogP contribution is -2.27. The molecule has 0 radical (unpaired) electrons. The fourth-order valence-corrected chi connectivity index (χ4v) is 1.10. The molecule has 0 aromatic heterocycles. The zero-order chi connectivity index (χ0) is 10.4. The van der Waals surface area contributed by atoms with Crippen LogP contribution in [0.1, 0.15) is 6.92 Å². The molecule has 0 aliphatic rings. The van der Waals surface area contributed by atoms with Gasteiger partial charge in [-0.2, -0.15) is 0 Å². The lowest BCUT2D eigenvalue weighted by atomic mass is 10.3. The first kappa shape index (κ1) is 11.0. The first-order valence-electron chi connectivity index (χ1n) is 4.48. The van der Waals surface area contributed by atoms with Crippen LogP contribution in [0.5, 0.6) is 0 Å². The smallest absolute Gasteiger partial charge is 0.238 e. The van der Waals surface area contributed by atoms with E-state index in [0.717, 1.165) is 12.2 Å². The third-order valence-corrected chi connectivity index (χ3v) is 1.92. The maximum absolute atomic E-state index is 11.2. The van der Waals surface area contributed by atoms with Crippen LogP contribution in [0, 0.1) is 0 Å². The van der Waals surface area contributed by atoms with Gasteiger partial charge in [0.05, 0.1) is 6.54 Å². The van der Waals surface area contributed by atoms with Gasteiger partial charge >= 0.3 is 0 Å². The van der Waals surface area contributed by atoms with Crippen LogP contribution in [0.15, 0.2) is 24.3 Å². The fourth-order valence-electron chi connectivity index (χ4n) is 0.977. The average molecular weight is 213 g/mol. The second-order valence-corrected chi connectivity index (χ2v) is 3.27. The Bertz CT molecular complexity index is 297. The summed E-state index contributed by atoms with van der Waals surface area (Å²) in [7, 11) is 0. The van der Waals surface area contributed by atoms with Crippen LogP contribution in [-0.2, 0) is 4.79 Å². The molecule has 1 amide bonds. The van der Waals surface area contributed by atoms with Crippen molar-refractivity contribution in [1.29, 1.82) is 0 Å². The molecule has 0 fully saturated rings. The van der Waals surface area contributed by atoms with Crippen LogP contribution in [0.2, 0.25) is 5.02 Å². The van der Waals surface area contributed by atoms with E-state index >= 15 is 0 Å². The van der Waals surface area contributed by atoms with E-state index < -0.39 is 0 Å². The first-order valence-corrected chi connectivity index (χ1v) is 4.86. The number of halogens is 1. The van der Waals surface area contributed by atoms with Crippen LogP contribution < -0.4 is 10.6 Å². The number of rotatable bonds is 4. The summed E-state index contributed by atoms with van der Waals surface area (Å²) < 4.78 is 0. The topological polar surface area (TPSA) is 41.1 Å². The van der Waals surface area contributed by atoms with Gasteiger partial charge in [0.15, 0.2) is 0 Å². The summed E-state index contributed by atoms with van der Waals surface area (Å²) in [6, 6.07) is 7.02. The molecule has 1 aromatic rings. The lowest BCUT2D eigenvalue weighted by Gasteiger charge is -2.04. The molecule has 0 heterocycles. The van der Waals surface area contributed by atoms with Crippen molar-refractivity contribution in [3.63, 3.8) is 0 Å². The first-order chi connectivity index (χ1) is 6.72. The van der Waals surface area contributed by atoms with Crippen LogP contribution in [0.3, 0.4) is 0 Å². The molecule has 76 valence electrons. The lowest BCUT2D eigenvalue weighted by molar-refractivity contribution is -0.115. The maximum atomic E-state index is 11.2. The number of anilines is 1. The molecule has 0 aliphatic heterocycles. The van der Waals surface area contributed by atoms with Crippen LogP contribution in [0.25, 0.3) is 0 Å². The van der Waals surface area contributed by atoms with E-state index in [1.54, 1.807) is 24.3 Å². The minimum atomic E-state index is -0.0471. The van der Waals surface area contributed by atoms with Crippen molar-refractivity contribution in [1.82, 2.24) is 5.32 Å². The number of hydrogen-bond acceptors (Lipinski definition) is 2. The summed E-state index contributed by atoms with van der Waals surface area (Å²) in [5.41, 5.74) is 0.761. The summed E-state index contributed by atoms with van der Waals surface area (Å²) in [4.78, 5) is 11.2. The zero-order valence-electron chi connectivity index (χ0n) is 8.01. The van der Waals surface area contributed by atoms with Crippen LogP contribution in [-0.4, -0.2) is 19.0 Å². The van der Waals surface area contributed by atoms with Crippen molar-refractivity contribution in [2.75, 3.05) is 18.4 Å². The van der Waals surface area contributed by atoms with Crippen LogP contribution in [0.4, 0.5) is 5.69 Å². The normalized spacial score (nSPS) is 9.86. The second-order valence-electron chi connectivity index (χ2n) is 2.84. The quantitative estimate of drug-likeness (QED) is 0.801. The minimum absolute atomic E-state index is 0.0471. The van der Waals surface area contributed by atoms with Gasteiger partial charge in [-0.05, 0) is 30.8 Å². The molecule has 0 atom stereocenters. The molecule has 0 unspecified atom stereocenters. The molecule has 4 heteroatoms. The Hall–Kier alpha value is -1.06. The maximum Gasteiger partial charge on any atom is 0.238 e. The Labute approximate surface area is 88.5 Å². The van der Waals surface area contributed by atoms with Gasteiger partial charge in [0, 0.05) is 10.7 Å². The molecular formula is C10H13ClN2O. The molecule has 0 aliphatic carbocycles. The van der Waals surface area contributed by atoms with E-state index in [9.17, 15) is 4.79 Å². The summed E-state index contributed by atoms with van der Waals surface area (Å²) in [5.74, 6) is -0.0471. The molecular weight excluding hydrogens is 200 g/mol. The van der Waals surface area contributed by atoms with E-state index in [1.165, 1.54) is 0 Å². The highest BCUT2D eigenvalue weighted by atomic mass is 35.5. The number of hydrogen-bond donors (Lipinski definition) is 2. The van der Waals surface area contributed by atoms with Crippen molar-refractivity contribution in [2.45, 2.75) is 6.92 Å². The monoisotopic (exact) mass is 212 g/mol. The molecule has 0 bridgehead atoms. The third kappa shape index (κ3) is 3.77. The van der Waals surface area contributed by atoms with Gasteiger partial charge in [-0.25, -0.2) is 0 Å². The molecule has 14 heavy (non-hydrogen) atoms. The summed E-state index contributed by atoms with van der Waals surface area (Å²) >= 11 is 5.71. The van der Waals surface area contributed by atoms with E-state index in [2.05, 4.69) is 10.6 Å². The number of carbonyl (C=O) groups is 1. The summed E-state index contributed by atoms with van der Waals surface area (Å²) in [6.45, 7) is 3.07. The highest BCUT2D eigenvalue weighted by Gasteiger charge is 1.99. The minimum Gasteiger partial charge on any atom is -0.325 e. The molecule has 3 nitrogen and oxygen atoms in total. The van der Waals surface area contributed by atoms with Gasteiger partial charge in [-0.3, -0.25) is 4.79 Å². The van der Waals surface area contributed by atoms with Gasteiger partial charge < -0.3 is 10.6 Å². The predicted octanol–water partition coefficient (Wildman–Crippen LogP) is 1.89. The van der Waals surface area contributed by atoms with Crippen molar-refractivity contribution in [2.24, 2.45) is 0 Å². The van der Waals surface area contributed by atoms with Gasteiger partial charge in [0.1, 0.15) is 0 Å². The van der Waals surface area contributed by atoms with Crippen molar-refractivity contribution in [3.05, 3.63) is 29.3 Å². The Kier molecular flexibility index (Phi) is 4.43. The Morgan fingerprint density at radius 1 is 1.36 bits per heavy atom. The SMILES string of the molecule is CCNCC(=O)Nc1ccc(Cl)cc1. The fraction of sp³-hybridized carbons (Fsp3) is 0.300. The third-order valence-electron chi connectivity index (χ3n) is 1.66. The van der Waals surface area contributed by atoms with Crippen LogP contribution >= 0.6 is 11.6 Å². The number of benzene rings is 1. The molecule has 0 spiro atoms. The van der Waals surface area contributed by atoms with Gasteiger partial charge in [0.25, 0.3) is 0 Å². The highest BCUT2D eigenvalue weighted by Crippen LogP contribution is 2.12. The standard InChI is InChI=1S/C10H13ClN2O/c1-2-12-7-10(14)13-9-5-3-8(11)4-6-9/h3-6,12H,2,7H2,1H3,(H,13,14). The van der Waals surface area contributed by atoms with Gasteiger partial charge in [-0.1, -0.05) is 18.5 Å². The van der Waals surface area contributed by atoms with Gasteiger partial charge in [0.2, 0.25) is 5.91 Å². The van der Waals surface area contributed by atoms with E-state index in [0.29, 0.717) is 11.6 Å². The zero-order valence-corrected chi connectivity index (χ0v) is 8.77. The predicted molar refractivity (Wildman–Crippen MR) is 58.6 cm³/mol. The molecule has 1 rings (SSSR count). The highest BCUT2D eigenvalue weighted by molar-refractivity contribution is 6.30. The van der Waals surface area contributed by atoms with Crippen molar-refractivity contribution >= 4 is 23.2 Å². The van der Waals surface area contributed by atoms with Crippen molar-refractivity contribution < 1.29 is 4.79 Å². The molecule has 0 saturated carbocycles. The summed E-state index contributed by atoms with van der Waals surface area (Å²) in [5, 5.41) is 6.35. The Balaban J connectivity index is 2.44. The molecule has 2 N–H and O–H groups in total.